The van der Waals surface area contributed by atoms with E-state index >= 15 is 0 Å². The van der Waals surface area contributed by atoms with E-state index in [9.17, 15) is 0 Å². The zero-order valence-electron chi connectivity index (χ0n) is 20.8. The van der Waals surface area contributed by atoms with Crippen LogP contribution >= 0.6 is 0 Å². The first-order valence-electron chi connectivity index (χ1n) is 12.8. The number of hydrogen-bond acceptors (Lipinski definition) is 2. The van der Waals surface area contributed by atoms with Crippen molar-refractivity contribution in [2.75, 3.05) is 4.90 Å². The number of nitrogens with zero attached hydrogens (tertiary/aromatic N) is 3. The van der Waals surface area contributed by atoms with Gasteiger partial charge in [0.25, 0.3) is 0 Å². The van der Waals surface area contributed by atoms with E-state index in [0.717, 1.165) is 34.0 Å². The minimum Gasteiger partial charge on any atom is -0.309 e. The highest BCUT2D eigenvalue weighted by Gasteiger charge is 2.15. The Morgan fingerprint density at radius 3 is 1.74 bits per heavy atom. The molecule has 0 saturated heterocycles. The third-order valence-electron chi connectivity index (χ3n) is 7.02. The fourth-order valence-corrected chi connectivity index (χ4v) is 5.28. The summed E-state index contributed by atoms with van der Waals surface area (Å²) in [5.74, 6) is 0. The van der Waals surface area contributed by atoms with Gasteiger partial charge in [-0.2, -0.15) is 0 Å². The van der Waals surface area contributed by atoms with Gasteiger partial charge in [-0.15, -0.1) is 0 Å². The van der Waals surface area contributed by atoms with Crippen LogP contribution in [0.4, 0.5) is 17.1 Å². The van der Waals surface area contributed by atoms with E-state index in [1.807, 2.05) is 18.3 Å². The van der Waals surface area contributed by atoms with Gasteiger partial charge < -0.3 is 9.47 Å². The lowest BCUT2D eigenvalue weighted by Crippen LogP contribution is -2.10. The second-order valence-electron chi connectivity index (χ2n) is 9.33. The van der Waals surface area contributed by atoms with Gasteiger partial charge in [-0.1, -0.05) is 84.9 Å². The van der Waals surface area contributed by atoms with Gasteiger partial charge in [0.05, 0.1) is 28.6 Å². The van der Waals surface area contributed by atoms with Crippen LogP contribution in [-0.2, 0) is 0 Å². The maximum atomic E-state index is 4.93. The summed E-state index contributed by atoms with van der Waals surface area (Å²) in [4.78, 5) is 7.16. The molecule has 180 valence electrons. The molecule has 0 radical (unpaired) electrons. The highest BCUT2D eigenvalue weighted by Crippen LogP contribution is 2.36. The number of para-hydroxylation sites is 4. The van der Waals surface area contributed by atoms with Crippen molar-refractivity contribution in [1.29, 1.82) is 0 Å². The first kappa shape index (κ1) is 22.1. The maximum Gasteiger partial charge on any atom is 0.0704 e. The molecule has 0 saturated carbocycles. The lowest BCUT2D eigenvalue weighted by atomic mass is 10.1. The summed E-state index contributed by atoms with van der Waals surface area (Å²) in [5.41, 5.74) is 8.79. The molecule has 2 heterocycles. The van der Waals surface area contributed by atoms with E-state index < -0.39 is 0 Å². The summed E-state index contributed by atoms with van der Waals surface area (Å²) in [6.45, 7) is 0. The molecule has 7 rings (SSSR count). The second kappa shape index (κ2) is 9.38. The third-order valence-corrected chi connectivity index (χ3v) is 7.02. The molecule has 5 aromatic carbocycles. The van der Waals surface area contributed by atoms with E-state index in [1.54, 1.807) is 0 Å². The summed E-state index contributed by atoms with van der Waals surface area (Å²) in [5, 5.41) is 2.49. The molecule has 0 aliphatic carbocycles. The fraction of sp³-hybridized carbons (Fsp3) is 0. The maximum absolute atomic E-state index is 4.93. The van der Waals surface area contributed by atoms with Crippen LogP contribution in [0.25, 0.3) is 38.8 Å². The minimum atomic E-state index is 0.946. The molecule has 0 fully saturated rings. The molecule has 0 amide bonds. The van der Waals surface area contributed by atoms with Gasteiger partial charge in [0, 0.05) is 33.4 Å². The molecule has 7 aromatic rings. The van der Waals surface area contributed by atoms with Gasteiger partial charge in [-0.3, -0.25) is 4.98 Å². The lowest BCUT2D eigenvalue weighted by Gasteiger charge is -2.25. The van der Waals surface area contributed by atoms with Crippen molar-refractivity contribution in [3.63, 3.8) is 0 Å². The number of pyridine rings is 1. The Labute approximate surface area is 221 Å². The molecule has 0 unspecified atom stereocenters. The molecular formula is C35H25N3. The predicted molar refractivity (Wildman–Crippen MR) is 159 cm³/mol. The second-order valence-corrected chi connectivity index (χ2v) is 9.33. The van der Waals surface area contributed by atoms with Gasteiger partial charge in [-0.25, -0.2) is 0 Å². The molecule has 0 spiro atoms. The van der Waals surface area contributed by atoms with Crippen molar-refractivity contribution in [1.82, 2.24) is 9.55 Å². The first-order valence-corrected chi connectivity index (χ1v) is 12.8. The van der Waals surface area contributed by atoms with Crippen LogP contribution in [0.3, 0.4) is 0 Å². The Morgan fingerprint density at radius 2 is 1.08 bits per heavy atom. The number of fused-ring (bicyclic) bond motifs is 3. The summed E-state index contributed by atoms with van der Waals surface area (Å²) in [6, 6.07) is 50.9. The Bertz CT molecular complexity index is 1800. The number of rotatable bonds is 5. The minimum absolute atomic E-state index is 0.946. The topological polar surface area (TPSA) is 21.1 Å². The number of anilines is 3. The Hall–Kier alpha value is -5.15. The van der Waals surface area contributed by atoms with Crippen LogP contribution in [0.1, 0.15) is 0 Å². The summed E-state index contributed by atoms with van der Waals surface area (Å²) < 4.78 is 2.34. The number of benzene rings is 5. The molecule has 2 aromatic heterocycles. The fourth-order valence-electron chi connectivity index (χ4n) is 5.28. The van der Waals surface area contributed by atoms with Crippen LogP contribution < -0.4 is 4.90 Å². The van der Waals surface area contributed by atoms with Gasteiger partial charge >= 0.3 is 0 Å². The molecular weight excluding hydrogens is 462 g/mol. The zero-order chi connectivity index (χ0) is 25.3. The number of aromatic nitrogens is 2. The molecule has 3 heteroatoms. The van der Waals surface area contributed by atoms with Gasteiger partial charge in [0.15, 0.2) is 0 Å². The van der Waals surface area contributed by atoms with Gasteiger partial charge in [0.1, 0.15) is 0 Å². The number of hydrogen-bond donors (Lipinski definition) is 0. The highest BCUT2D eigenvalue weighted by atomic mass is 15.1. The molecule has 0 atom stereocenters. The van der Waals surface area contributed by atoms with Crippen LogP contribution in [0.2, 0.25) is 0 Å². The van der Waals surface area contributed by atoms with E-state index in [1.165, 1.54) is 21.8 Å². The largest absolute Gasteiger partial charge is 0.309 e. The molecule has 0 aliphatic rings. The molecule has 0 bridgehead atoms. The van der Waals surface area contributed by atoms with Crippen LogP contribution in [0, 0.1) is 0 Å². The smallest absolute Gasteiger partial charge is 0.0704 e. The highest BCUT2D eigenvalue weighted by molar-refractivity contribution is 6.10. The molecule has 38 heavy (non-hydrogen) atoms. The van der Waals surface area contributed by atoms with E-state index in [-0.39, 0.29) is 0 Å². The van der Waals surface area contributed by atoms with Crippen molar-refractivity contribution >= 4 is 38.9 Å². The monoisotopic (exact) mass is 487 g/mol. The summed E-state index contributed by atoms with van der Waals surface area (Å²) >= 11 is 0. The Kier molecular flexibility index (Phi) is 5.45. The normalized spacial score (nSPS) is 11.2. The average Bonchev–Trinajstić information content (AvgIpc) is 3.33. The van der Waals surface area contributed by atoms with Gasteiger partial charge in [0.2, 0.25) is 0 Å². The van der Waals surface area contributed by atoms with E-state index in [4.69, 9.17) is 4.98 Å². The Balaban J connectivity index is 1.34. The van der Waals surface area contributed by atoms with Gasteiger partial charge in [-0.05, 0) is 60.7 Å². The standard InChI is InChI=1S/C35H25N3/c1-4-12-27(13-5-1)37(28-14-6-2-7-15-28)30-21-23-33(36-25-30)26-20-22-32-31-18-10-11-19-34(31)38(35(32)24-26)29-16-8-3-9-17-29/h1-25H. The lowest BCUT2D eigenvalue weighted by molar-refractivity contribution is 1.18. The first-order chi connectivity index (χ1) is 18.9. The predicted octanol–water partition coefficient (Wildman–Crippen LogP) is 9.32. The molecule has 0 aliphatic heterocycles. The summed E-state index contributed by atoms with van der Waals surface area (Å²) in [7, 11) is 0. The molecule has 3 nitrogen and oxygen atoms in total. The molecule has 0 N–H and O–H groups in total. The van der Waals surface area contributed by atoms with E-state index in [0.29, 0.717) is 0 Å². The van der Waals surface area contributed by atoms with E-state index in [2.05, 4.69) is 143 Å². The zero-order valence-corrected chi connectivity index (χ0v) is 20.8. The Morgan fingerprint density at radius 1 is 0.474 bits per heavy atom. The third kappa shape index (κ3) is 3.82. The van der Waals surface area contributed by atoms with Crippen LogP contribution in [0.5, 0.6) is 0 Å². The summed E-state index contributed by atoms with van der Waals surface area (Å²) in [6.07, 6.45) is 1.96. The van der Waals surface area contributed by atoms with Crippen LogP contribution in [-0.4, -0.2) is 9.55 Å². The van der Waals surface area contributed by atoms with Crippen molar-refractivity contribution in [2.24, 2.45) is 0 Å². The SMILES string of the molecule is c1ccc(N(c2ccccc2)c2ccc(-c3ccc4c5ccccc5n(-c5ccccc5)c4c3)nc2)cc1. The quantitative estimate of drug-likeness (QED) is 0.241. The van der Waals surface area contributed by atoms with Crippen molar-refractivity contribution in [3.05, 3.63) is 152 Å². The van der Waals surface area contributed by atoms with Crippen molar-refractivity contribution < 1.29 is 0 Å². The average molecular weight is 488 g/mol. The van der Waals surface area contributed by atoms with Crippen LogP contribution in [0.15, 0.2) is 152 Å². The van der Waals surface area contributed by atoms with Crippen molar-refractivity contribution in [2.45, 2.75) is 0 Å². The van der Waals surface area contributed by atoms with Crippen molar-refractivity contribution in [3.8, 4) is 16.9 Å².